The van der Waals surface area contributed by atoms with E-state index in [1.807, 2.05) is 27.7 Å². The lowest BCUT2D eigenvalue weighted by Gasteiger charge is -2.24. The molecule has 66 heavy (non-hydrogen) atoms. The van der Waals surface area contributed by atoms with E-state index in [1.54, 1.807) is 0 Å². The second-order valence-corrected chi connectivity index (χ2v) is 18.9. The van der Waals surface area contributed by atoms with Crippen LogP contribution in [0.25, 0.3) is 34.8 Å². The molecule has 0 atom stereocenters. The third-order valence-electron chi connectivity index (χ3n) is 12.5. The molecule has 4 heteroatoms. The summed E-state index contributed by atoms with van der Waals surface area (Å²) in [6.45, 7) is 34.2. The van der Waals surface area contributed by atoms with E-state index in [0.29, 0.717) is 0 Å². The van der Waals surface area contributed by atoms with Crippen molar-refractivity contribution in [3.63, 3.8) is 0 Å². The molecule has 0 saturated heterocycles. The average Bonchev–Trinajstić information content (AvgIpc) is 3.94. The van der Waals surface area contributed by atoms with Crippen LogP contribution in [-0.4, -0.2) is 26.2 Å². The van der Waals surface area contributed by atoms with E-state index in [2.05, 4.69) is 212 Å². The molecule has 2 aliphatic heterocycles. The number of benzene rings is 4. The van der Waals surface area contributed by atoms with Crippen molar-refractivity contribution >= 4 is 12.2 Å². The fraction of sp³-hybridized carbons (Fsp3) is 0.387. The largest absolute Gasteiger partial charge is 0.460 e. The molecule has 0 N–H and O–H groups in total. The van der Waals surface area contributed by atoms with Crippen molar-refractivity contribution < 1.29 is 8.83 Å². The highest BCUT2D eigenvalue weighted by atomic mass is 16.3. The van der Waals surface area contributed by atoms with Gasteiger partial charge >= 0.3 is 0 Å². The van der Waals surface area contributed by atoms with Gasteiger partial charge in [-0.15, -0.1) is 0 Å². The highest BCUT2D eigenvalue weighted by Gasteiger charge is 2.24. The third-order valence-corrected chi connectivity index (χ3v) is 12.5. The number of hydrogen-bond donors (Lipinski definition) is 0. The minimum atomic E-state index is -0.0481. The van der Waals surface area contributed by atoms with Crippen LogP contribution in [0.15, 0.2) is 141 Å². The van der Waals surface area contributed by atoms with Crippen molar-refractivity contribution in [1.29, 1.82) is 0 Å². The van der Waals surface area contributed by atoms with Crippen LogP contribution in [-0.2, 0) is 36.5 Å². The van der Waals surface area contributed by atoms with Gasteiger partial charge in [0.05, 0.1) is 12.1 Å². The van der Waals surface area contributed by atoms with Crippen LogP contribution >= 0.6 is 0 Å². The molecule has 0 fully saturated rings. The summed E-state index contributed by atoms with van der Waals surface area (Å²) < 4.78 is 17.5. The summed E-state index contributed by atoms with van der Waals surface area (Å²) in [6, 6.07) is 35.2. The fourth-order valence-electron chi connectivity index (χ4n) is 8.89. The Kier molecular flexibility index (Phi) is 18.3. The van der Waals surface area contributed by atoms with E-state index in [0.717, 1.165) is 80.5 Å². The summed E-state index contributed by atoms with van der Waals surface area (Å²) >= 11 is 0. The van der Waals surface area contributed by atoms with Gasteiger partial charge in [-0.25, -0.2) is 9.15 Å². The van der Waals surface area contributed by atoms with Crippen molar-refractivity contribution in [2.45, 2.75) is 133 Å². The van der Waals surface area contributed by atoms with Crippen molar-refractivity contribution in [1.82, 2.24) is 9.15 Å². The maximum absolute atomic E-state index is 6.39. The van der Waals surface area contributed by atoms with Crippen LogP contribution in [0.5, 0.6) is 0 Å². The van der Waals surface area contributed by atoms with Gasteiger partial charge in [0.15, 0.2) is 0 Å². The molecule has 2 heterocycles. The lowest BCUT2D eigenvalue weighted by molar-refractivity contribution is 0.404. The maximum Gasteiger partial charge on any atom is 0.203 e. The van der Waals surface area contributed by atoms with E-state index in [4.69, 9.17) is 8.83 Å². The number of rotatable bonds is 8. The average molecular weight is 885 g/mol. The van der Waals surface area contributed by atoms with Gasteiger partial charge in [-0.1, -0.05) is 159 Å². The van der Waals surface area contributed by atoms with Crippen LogP contribution in [0, 0.1) is 0 Å². The van der Waals surface area contributed by atoms with Gasteiger partial charge in [0.1, 0.15) is 49.2 Å². The highest BCUT2D eigenvalue weighted by Crippen LogP contribution is 2.36. The van der Waals surface area contributed by atoms with Crippen molar-refractivity contribution in [2.24, 2.45) is 0 Å². The second-order valence-electron chi connectivity index (χ2n) is 18.9. The molecular formula is C62H80N2O2+2. The topological polar surface area (TPSA) is 32.3 Å². The first-order valence-corrected chi connectivity index (χ1v) is 25.0. The molecule has 6 aliphatic rings. The smallest absolute Gasteiger partial charge is 0.203 e. The zero-order chi connectivity index (χ0) is 48.0. The monoisotopic (exact) mass is 885 g/mol. The van der Waals surface area contributed by atoms with Gasteiger partial charge in [0, 0.05) is 28.7 Å². The van der Waals surface area contributed by atoms with E-state index in [9.17, 15) is 0 Å². The number of hydrogen-bond acceptors (Lipinski definition) is 2. The standard InChI is InChI=1S/2C29H34NO.2C2H6/c1-6-30(7-2)24-15-16-26-27(29(3,4)5)20-25(31-28(26)19-24)14-10-11-21-17-22-12-8-9-13-23(22)18-21;1-6-30(7-2)25-15-16-26-24(19-28(29(3,4)5)31-27(26)20-25)14-10-11-21-17-22-12-8-9-13-23(22)18-21;2*1-2/h2*8-16,19-20H,6-7,17-18H2,1-5H3;2*1-2H3/q2*+1;;/b2*14-10+;;. The Hall–Kier alpha value is -5.74. The second kappa shape index (κ2) is 23.6. The number of allylic oxidation sites excluding steroid dienone is 6. The van der Waals surface area contributed by atoms with Gasteiger partial charge in [-0.05, 0) is 123 Å². The molecule has 0 bridgehead atoms. The van der Waals surface area contributed by atoms with Crippen LogP contribution in [0.3, 0.4) is 0 Å². The summed E-state index contributed by atoms with van der Waals surface area (Å²) in [5.41, 5.74) is 13.7. The molecule has 2 aromatic carbocycles. The maximum atomic E-state index is 6.39. The van der Waals surface area contributed by atoms with Gasteiger partial charge in [0.25, 0.3) is 0 Å². The summed E-state index contributed by atoms with van der Waals surface area (Å²) in [6.07, 6.45) is 17.5. The summed E-state index contributed by atoms with van der Waals surface area (Å²) in [7, 11) is 0. The minimum Gasteiger partial charge on any atom is -0.460 e. The van der Waals surface area contributed by atoms with Gasteiger partial charge < -0.3 is 8.83 Å². The predicted molar refractivity (Wildman–Crippen MR) is 285 cm³/mol. The van der Waals surface area contributed by atoms with Crippen molar-refractivity contribution in [2.75, 3.05) is 26.2 Å². The Morgan fingerprint density at radius 1 is 0.485 bits per heavy atom. The molecule has 8 rings (SSSR count). The fourth-order valence-corrected chi connectivity index (χ4v) is 8.89. The van der Waals surface area contributed by atoms with Crippen LogP contribution in [0.2, 0.25) is 0 Å². The molecule has 348 valence electrons. The van der Waals surface area contributed by atoms with E-state index >= 15 is 0 Å². The first kappa shape index (κ1) is 51.2. The van der Waals surface area contributed by atoms with Crippen molar-refractivity contribution in [3.8, 4) is 22.6 Å². The number of fused-ring (bicyclic) bond motifs is 4. The van der Waals surface area contributed by atoms with Crippen LogP contribution in [0.1, 0.15) is 142 Å². The van der Waals surface area contributed by atoms with E-state index in [1.165, 1.54) is 60.8 Å². The first-order valence-electron chi connectivity index (χ1n) is 25.0. The molecule has 2 aromatic rings. The lowest BCUT2D eigenvalue weighted by Crippen LogP contribution is -2.29. The van der Waals surface area contributed by atoms with Crippen molar-refractivity contribution in [3.05, 3.63) is 188 Å². The zero-order valence-corrected chi connectivity index (χ0v) is 43.1. The molecular weight excluding hydrogens is 805 g/mol. The Morgan fingerprint density at radius 2 is 0.909 bits per heavy atom. The first-order chi connectivity index (χ1) is 31.8. The van der Waals surface area contributed by atoms with Gasteiger partial charge in [-0.2, -0.15) is 0 Å². The highest BCUT2D eigenvalue weighted by molar-refractivity contribution is 5.73. The quantitative estimate of drug-likeness (QED) is 0.143. The molecule has 4 nitrogen and oxygen atoms in total. The van der Waals surface area contributed by atoms with Crippen LogP contribution in [0.4, 0.5) is 0 Å². The van der Waals surface area contributed by atoms with Gasteiger partial charge in [-0.3, -0.25) is 0 Å². The molecule has 0 aromatic heterocycles. The molecule has 0 saturated carbocycles. The minimum absolute atomic E-state index is 0.0416. The zero-order valence-electron chi connectivity index (χ0n) is 43.1. The Labute approximate surface area is 398 Å². The summed E-state index contributed by atoms with van der Waals surface area (Å²) in [4.78, 5) is 0. The lowest BCUT2D eigenvalue weighted by atomic mass is 9.83. The molecule has 0 spiro atoms. The summed E-state index contributed by atoms with van der Waals surface area (Å²) in [5, 5.41) is 2.43. The van der Waals surface area contributed by atoms with Gasteiger partial charge in [0.2, 0.25) is 10.7 Å². The predicted octanol–water partition coefficient (Wildman–Crippen LogP) is 14.5. The molecule has 0 unspecified atom stereocenters. The normalized spacial score (nSPS) is 13.1. The Balaban J connectivity index is 0.000000230. The van der Waals surface area contributed by atoms with E-state index < -0.39 is 0 Å². The third kappa shape index (κ3) is 12.8. The van der Waals surface area contributed by atoms with Crippen LogP contribution < -0.4 is 19.9 Å². The Bertz CT molecular complexity index is 2670. The number of nitrogens with zero attached hydrogens (tertiary/aromatic N) is 2. The SMILES string of the molecule is CC.CC.CC[N+](CC)=c1ccc2c(/C=C/C=C3Cc4ccccc4C3)cc(C(C)(C)C)oc-2c1.CC[N+](CC)=c1ccc2c(C(C)(C)C)cc(/C=C/C=C3Cc4ccccc4C3)oc-2c1. The molecule has 0 radical (unpaired) electrons. The molecule has 4 aliphatic carbocycles. The Morgan fingerprint density at radius 3 is 1.33 bits per heavy atom. The van der Waals surface area contributed by atoms with E-state index in [-0.39, 0.29) is 10.8 Å². The molecule has 0 amide bonds. The summed E-state index contributed by atoms with van der Waals surface area (Å²) in [5.74, 6) is 3.83.